The second kappa shape index (κ2) is 2.31. The average molecular weight is 104 g/mol. The van der Waals surface area contributed by atoms with Gasteiger partial charge in [0.1, 0.15) is 0 Å². The van der Waals surface area contributed by atoms with Crippen molar-refractivity contribution in [2.45, 2.75) is 0 Å². The molecule has 1 aliphatic rings. The molecule has 0 N–H and O–H groups in total. The van der Waals surface area contributed by atoms with Crippen LogP contribution in [0.5, 0.6) is 0 Å². The van der Waals surface area contributed by atoms with Crippen LogP contribution in [0.4, 0.5) is 0 Å². The fraction of sp³-hybridized carbons (Fsp3) is 0. The largest absolute Gasteiger partial charge is 0.0991 e. The van der Waals surface area contributed by atoms with Gasteiger partial charge < -0.3 is 0 Å². The third kappa shape index (κ3) is 1.61. The summed E-state index contributed by atoms with van der Waals surface area (Å²) < 4.78 is 0. The third-order valence-corrected chi connectivity index (χ3v) is 0.895. The van der Waals surface area contributed by atoms with Gasteiger partial charge in [-0.15, -0.1) is 0 Å². The molecule has 0 bridgehead atoms. The van der Waals surface area contributed by atoms with E-state index in [1.165, 1.54) is 5.57 Å². The van der Waals surface area contributed by atoms with Crippen molar-refractivity contribution in [2.24, 2.45) is 0 Å². The molecule has 1 aliphatic carbocycles. The van der Waals surface area contributed by atoms with E-state index in [9.17, 15) is 0 Å². The summed E-state index contributed by atoms with van der Waals surface area (Å²) in [7, 11) is 0. The van der Waals surface area contributed by atoms with Crippen molar-refractivity contribution in [3.63, 3.8) is 0 Å². The van der Waals surface area contributed by atoms with E-state index in [1.54, 1.807) is 6.08 Å². The summed E-state index contributed by atoms with van der Waals surface area (Å²) in [6, 6.07) is 0. The number of allylic oxidation sites excluding steroid dienone is 7. The van der Waals surface area contributed by atoms with E-state index >= 15 is 0 Å². The number of hydrogen-bond donors (Lipinski definition) is 0. The van der Waals surface area contributed by atoms with Gasteiger partial charge in [0.25, 0.3) is 0 Å². The summed E-state index contributed by atoms with van der Waals surface area (Å²) in [5.74, 6) is 0. The van der Waals surface area contributed by atoms with Crippen LogP contribution < -0.4 is 0 Å². The monoisotopic (exact) mass is 104 g/mol. The summed E-state index contributed by atoms with van der Waals surface area (Å²) in [6.45, 7) is 3.54. The molecular weight excluding hydrogens is 96.1 g/mol. The first kappa shape index (κ1) is 5.10. The summed E-state index contributed by atoms with van der Waals surface area (Å²) in [6.07, 6.45) is 11.8. The van der Waals surface area contributed by atoms with Crippen LogP contribution in [0.1, 0.15) is 0 Å². The highest BCUT2D eigenvalue weighted by molar-refractivity contribution is 5.48. The van der Waals surface area contributed by atoms with Gasteiger partial charge in [0.15, 0.2) is 0 Å². The van der Waals surface area contributed by atoms with Gasteiger partial charge in [0.2, 0.25) is 0 Å². The molecule has 0 spiro atoms. The van der Waals surface area contributed by atoms with E-state index < -0.39 is 0 Å². The molecule has 0 heterocycles. The van der Waals surface area contributed by atoms with E-state index in [-0.39, 0.29) is 0 Å². The Kier molecular flexibility index (Phi) is 1.48. The maximum atomic E-state index is 3.54. The first-order chi connectivity index (χ1) is 3.93. The van der Waals surface area contributed by atoms with Gasteiger partial charge in [-0.3, -0.25) is 0 Å². The zero-order valence-electron chi connectivity index (χ0n) is 4.67. The lowest BCUT2D eigenvalue weighted by Crippen LogP contribution is -1.46. The predicted molar refractivity (Wildman–Crippen MR) is 36.6 cm³/mol. The second-order valence-corrected chi connectivity index (χ2v) is 1.62. The normalized spacial score (nSPS) is 14.8. The minimum absolute atomic E-state index is 1.31. The highest BCUT2D eigenvalue weighted by Crippen LogP contribution is 2.12. The Labute approximate surface area is 49.5 Å². The fourth-order valence-corrected chi connectivity index (χ4v) is 0.404. The molecular formula is C8H8. The summed E-state index contributed by atoms with van der Waals surface area (Å²) in [4.78, 5) is 0. The summed E-state index contributed by atoms with van der Waals surface area (Å²) in [5.41, 5.74) is 1.31. The van der Waals surface area contributed by atoms with Crippen LogP contribution >= 0.6 is 0 Å². The van der Waals surface area contributed by atoms with E-state index in [2.05, 4.69) is 18.7 Å². The van der Waals surface area contributed by atoms with Gasteiger partial charge in [0, 0.05) is 0 Å². The van der Waals surface area contributed by atoms with Crippen molar-refractivity contribution < 1.29 is 0 Å². The lowest BCUT2D eigenvalue weighted by molar-refractivity contribution is 1.89. The molecule has 0 heteroatoms. The molecule has 0 fully saturated rings. The molecule has 0 saturated carbocycles. The Morgan fingerprint density at radius 3 is 2.50 bits per heavy atom. The molecule has 0 saturated heterocycles. The quantitative estimate of drug-likeness (QED) is 0.471. The Morgan fingerprint density at radius 2 is 2.00 bits per heavy atom. The lowest BCUT2D eigenvalue weighted by Gasteiger charge is -1.67. The van der Waals surface area contributed by atoms with Gasteiger partial charge >= 0.3 is 0 Å². The van der Waals surface area contributed by atoms with Crippen LogP contribution in [0.3, 0.4) is 0 Å². The van der Waals surface area contributed by atoms with Crippen LogP contribution in [-0.2, 0) is 0 Å². The minimum atomic E-state index is 1.31. The smallest absolute Gasteiger partial charge is 0.0256 e. The lowest BCUT2D eigenvalue weighted by atomic mass is 10.4. The molecule has 1 rings (SSSR count). The Balaban J connectivity index is 2.30. The van der Waals surface area contributed by atoms with E-state index in [0.717, 1.165) is 0 Å². The second-order valence-electron chi connectivity index (χ2n) is 1.62. The van der Waals surface area contributed by atoms with Crippen LogP contribution in [0.2, 0.25) is 0 Å². The van der Waals surface area contributed by atoms with E-state index in [0.29, 0.717) is 0 Å². The molecule has 0 aromatic rings. The van der Waals surface area contributed by atoms with E-state index in [1.807, 2.05) is 18.2 Å². The van der Waals surface area contributed by atoms with Crippen molar-refractivity contribution in [1.82, 2.24) is 0 Å². The SMILES string of the molecule is C=C/C=C/C=C1C=C1. The molecule has 0 aromatic heterocycles. The van der Waals surface area contributed by atoms with E-state index in [4.69, 9.17) is 0 Å². The third-order valence-electron chi connectivity index (χ3n) is 0.895. The standard InChI is InChI=1S/C8H8/c1-2-3-4-5-8-6-7-8/h2-7H,1H2/b4-3+. The number of hydrogen-bond acceptors (Lipinski definition) is 0. The van der Waals surface area contributed by atoms with Crippen molar-refractivity contribution in [1.29, 1.82) is 0 Å². The summed E-state index contributed by atoms with van der Waals surface area (Å²) in [5, 5.41) is 0. The van der Waals surface area contributed by atoms with Gasteiger partial charge in [0.05, 0.1) is 0 Å². The molecule has 8 heavy (non-hydrogen) atoms. The zero-order valence-corrected chi connectivity index (χ0v) is 4.67. The highest BCUT2D eigenvalue weighted by atomic mass is 14.0. The fourth-order valence-electron chi connectivity index (χ4n) is 0.404. The summed E-state index contributed by atoms with van der Waals surface area (Å²) >= 11 is 0. The molecule has 40 valence electrons. The molecule has 0 unspecified atom stereocenters. The van der Waals surface area contributed by atoms with Gasteiger partial charge in [-0.25, -0.2) is 0 Å². The molecule has 0 aliphatic heterocycles. The van der Waals surface area contributed by atoms with Crippen molar-refractivity contribution in [3.8, 4) is 0 Å². The van der Waals surface area contributed by atoms with Gasteiger partial charge in [-0.05, 0) is 5.57 Å². The first-order valence-corrected chi connectivity index (χ1v) is 2.61. The van der Waals surface area contributed by atoms with Crippen molar-refractivity contribution in [2.75, 3.05) is 0 Å². The maximum Gasteiger partial charge on any atom is -0.0256 e. The maximum absolute atomic E-state index is 3.54. The topological polar surface area (TPSA) is 0 Å². The first-order valence-electron chi connectivity index (χ1n) is 2.61. The molecule has 0 nitrogen and oxygen atoms in total. The highest BCUT2D eigenvalue weighted by Gasteiger charge is 1.92. The average Bonchev–Trinajstić information content (AvgIpc) is 2.51. The Hall–Kier alpha value is -1.04. The predicted octanol–water partition coefficient (Wildman–Crippen LogP) is 2.22. The molecule has 0 amide bonds. The van der Waals surface area contributed by atoms with Gasteiger partial charge in [-0.2, -0.15) is 0 Å². The molecule has 0 atom stereocenters. The van der Waals surface area contributed by atoms with Crippen LogP contribution in [0, 0.1) is 0 Å². The van der Waals surface area contributed by atoms with Crippen LogP contribution in [0.25, 0.3) is 0 Å². The van der Waals surface area contributed by atoms with Crippen molar-refractivity contribution in [3.05, 3.63) is 48.6 Å². The Bertz CT molecular complexity index is 160. The molecule has 0 radical (unpaired) electrons. The van der Waals surface area contributed by atoms with Crippen molar-refractivity contribution >= 4 is 0 Å². The number of rotatable bonds is 2. The molecule has 0 aromatic carbocycles. The van der Waals surface area contributed by atoms with Gasteiger partial charge in [-0.1, -0.05) is 43.0 Å². The minimum Gasteiger partial charge on any atom is -0.0991 e. The Morgan fingerprint density at radius 1 is 1.25 bits per heavy atom. The zero-order chi connectivity index (χ0) is 5.82. The van der Waals surface area contributed by atoms with Crippen LogP contribution in [0.15, 0.2) is 48.6 Å². The van der Waals surface area contributed by atoms with Crippen LogP contribution in [-0.4, -0.2) is 0 Å².